The van der Waals surface area contributed by atoms with Crippen molar-refractivity contribution in [3.8, 4) is 5.75 Å². The second-order valence-electron chi connectivity index (χ2n) is 4.53. The molecule has 2 aromatic heterocycles. The van der Waals surface area contributed by atoms with Gasteiger partial charge in [0.25, 0.3) is 0 Å². The molecule has 0 aliphatic carbocycles. The van der Waals surface area contributed by atoms with E-state index in [1.54, 1.807) is 29.0 Å². The Morgan fingerprint density at radius 2 is 2.05 bits per heavy atom. The molecule has 0 unspecified atom stereocenters. The summed E-state index contributed by atoms with van der Waals surface area (Å²) in [5.41, 5.74) is 6.19. The predicted molar refractivity (Wildman–Crippen MR) is 75.5 cm³/mol. The lowest BCUT2D eigenvalue weighted by molar-refractivity contribution is 0.101. The number of Topliss-reactive ketones (excluding diaryl/α,β-unsaturated/α-hetero) is 1. The molecule has 0 bridgehead atoms. The van der Waals surface area contributed by atoms with Crippen LogP contribution in [-0.2, 0) is 4.74 Å². The number of amides is 1. The van der Waals surface area contributed by atoms with Gasteiger partial charge in [-0.1, -0.05) is 0 Å². The number of nitrogens with zero attached hydrogens (tertiary/aromatic N) is 2. The zero-order valence-electron chi connectivity index (χ0n) is 11.7. The van der Waals surface area contributed by atoms with Crippen LogP contribution in [0.5, 0.6) is 5.75 Å². The zero-order valence-corrected chi connectivity index (χ0v) is 11.7. The highest BCUT2D eigenvalue weighted by Gasteiger charge is 2.08. The van der Waals surface area contributed by atoms with Crippen molar-refractivity contribution in [2.45, 2.75) is 19.8 Å². The number of carbonyl (C=O) groups is 2. The molecule has 112 valence electrons. The van der Waals surface area contributed by atoms with Crippen LogP contribution in [0.2, 0.25) is 0 Å². The summed E-state index contributed by atoms with van der Waals surface area (Å²) in [6, 6.07) is 3.60. The maximum atomic E-state index is 11.4. The molecule has 0 aliphatic heterocycles. The maximum absolute atomic E-state index is 11.4. The number of carbonyl (C=O) groups excluding carboxylic acids is 2. The van der Waals surface area contributed by atoms with Gasteiger partial charge in [0.2, 0.25) is 0 Å². The smallest absolute Gasteiger partial charge is 0.404 e. The minimum absolute atomic E-state index is 0.0203. The topological polar surface area (TPSA) is 95.9 Å². The number of ketones is 1. The van der Waals surface area contributed by atoms with Gasteiger partial charge in [-0.25, -0.2) is 9.31 Å². The monoisotopic (exact) mass is 291 g/mol. The van der Waals surface area contributed by atoms with Crippen LogP contribution in [0.4, 0.5) is 4.79 Å². The van der Waals surface area contributed by atoms with Gasteiger partial charge in [-0.3, -0.25) is 4.79 Å². The van der Waals surface area contributed by atoms with E-state index < -0.39 is 6.09 Å². The normalized spacial score (nSPS) is 10.5. The van der Waals surface area contributed by atoms with E-state index in [0.29, 0.717) is 30.9 Å². The number of unbranched alkanes of at least 4 members (excludes halogenated alkanes) is 1. The molecule has 7 heteroatoms. The number of hydrogen-bond acceptors (Lipinski definition) is 5. The molecule has 0 aromatic carbocycles. The first kappa shape index (κ1) is 14.8. The minimum Gasteiger partial charge on any atom is -0.492 e. The first-order valence-corrected chi connectivity index (χ1v) is 6.61. The van der Waals surface area contributed by atoms with Gasteiger partial charge in [0, 0.05) is 0 Å². The average molecular weight is 291 g/mol. The van der Waals surface area contributed by atoms with Crippen LogP contribution in [0.3, 0.4) is 0 Å². The quantitative estimate of drug-likeness (QED) is 0.619. The number of pyridine rings is 1. The van der Waals surface area contributed by atoms with Gasteiger partial charge in [-0.15, -0.1) is 0 Å². The fourth-order valence-corrected chi connectivity index (χ4v) is 1.89. The molecule has 0 radical (unpaired) electrons. The summed E-state index contributed by atoms with van der Waals surface area (Å²) < 4.78 is 11.8. The van der Waals surface area contributed by atoms with Crippen LogP contribution >= 0.6 is 0 Å². The van der Waals surface area contributed by atoms with Gasteiger partial charge < -0.3 is 15.2 Å². The zero-order chi connectivity index (χ0) is 15.2. The van der Waals surface area contributed by atoms with Gasteiger partial charge in [-0.2, -0.15) is 5.10 Å². The molecule has 21 heavy (non-hydrogen) atoms. The van der Waals surface area contributed by atoms with Crippen molar-refractivity contribution in [3.05, 3.63) is 30.1 Å². The molecular formula is C14H17N3O4. The fraction of sp³-hybridized carbons (Fsp3) is 0.357. The Kier molecular flexibility index (Phi) is 4.76. The van der Waals surface area contributed by atoms with E-state index in [1.165, 1.54) is 6.92 Å². The minimum atomic E-state index is -0.763. The van der Waals surface area contributed by atoms with Crippen LogP contribution in [-0.4, -0.2) is 34.7 Å². The van der Waals surface area contributed by atoms with Crippen molar-refractivity contribution in [3.63, 3.8) is 0 Å². The van der Waals surface area contributed by atoms with Crippen LogP contribution in [0.25, 0.3) is 5.52 Å². The summed E-state index contributed by atoms with van der Waals surface area (Å²) in [7, 11) is 0. The lowest BCUT2D eigenvalue weighted by atomic mass is 10.2. The standard InChI is InChI=1S/C14H17N3O4/c1-10(18)12-8-16-17-9-11(4-5-13(12)17)20-6-2-3-7-21-14(15)19/h4-5,8-9H,2-3,6-7H2,1H3,(H2,15,19). The molecule has 0 aliphatic rings. The molecule has 0 spiro atoms. The Bertz CT molecular complexity index is 651. The number of fused-ring (bicyclic) bond motifs is 1. The van der Waals surface area contributed by atoms with Crippen molar-refractivity contribution >= 4 is 17.4 Å². The molecular weight excluding hydrogens is 274 g/mol. The SMILES string of the molecule is CC(=O)c1cnn2cc(OCCCCOC(N)=O)ccc12. The lowest BCUT2D eigenvalue weighted by Crippen LogP contribution is -2.14. The number of primary amides is 1. The van der Waals surface area contributed by atoms with E-state index in [4.69, 9.17) is 10.5 Å². The van der Waals surface area contributed by atoms with Gasteiger partial charge in [0.05, 0.1) is 36.7 Å². The summed E-state index contributed by atoms with van der Waals surface area (Å²) in [4.78, 5) is 21.8. The molecule has 2 rings (SSSR count). The molecule has 2 N–H and O–H groups in total. The van der Waals surface area contributed by atoms with Crippen molar-refractivity contribution in [2.75, 3.05) is 13.2 Å². The second kappa shape index (κ2) is 6.74. The van der Waals surface area contributed by atoms with E-state index in [1.807, 2.05) is 0 Å². The highest BCUT2D eigenvalue weighted by atomic mass is 16.5. The molecule has 0 atom stereocenters. The lowest BCUT2D eigenvalue weighted by Gasteiger charge is -2.06. The van der Waals surface area contributed by atoms with E-state index in [9.17, 15) is 9.59 Å². The average Bonchev–Trinajstić information content (AvgIpc) is 2.85. The van der Waals surface area contributed by atoms with Crippen molar-refractivity contribution in [2.24, 2.45) is 5.73 Å². The third kappa shape index (κ3) is 3.95. The number of nitrogens with two attached hydrogens (primary N) is 1. The van der Waals surface area contributed by atoms with Gasteiger partial charge in [0.15, 0.2) is 5.78 Å². The largest absolute Gasteiger partial charge is 0.492 e. The Labute approximate surface area is 121 Å². The summed E-state index contributed by atoms with van der Waals surface area (Å²) in [5, 5.41) is 4.12. The van der Waals surface area contributed by atoms with Gasteiger partial charge >= 0.3 is 6.09 Å². The van der Waals surface area contributed by atoms with E-state index >= 15 is 0 Å². The second-order valence-corrected chi connectivity index (χ2v) is 4.53. The highest BCUT2D eigenvalue weighted by molar-refractivity contribution is 6.00. The van der Waals surface area contributed by atoms with E-state index in [0.717, 1.165) is 11.9 Å². The van der Waals surface area contributed by atoms with Crippen LogP contribution in [0, 0.1) is 0 Å². The van der Waals surface area contributed by atoms with Crippen LogP contribution in [0.15, 0.2) is 24.5 Å². The summed E-state index contributed by atoms with van der Waals surface area (Å²) >= 11 is 0. The summed E-state index contributed by atoms with van der Waals surface area (Å²) in [5.74, 6) is 0.643. The van der Waals surface area contributed by atoms with Gasteiger partial charge in [0.1, 0.15) is 5.75 Å². The summed E-state index contributed by atoms with van der Waals surface area (Å²) in [6.45, 7) is 2.29. The third-order valence-corrected chi connectivity index (χ3v) is 2.92. The first-order valence-electron chi connectivity index (χ1n) is 6.61. The first-order chi connectivity index (χ1) is 10.1. The Hall–Kier alpha value is -2.57. The molecule has 0 fully saturated rings. The molecule has 0 saturated heterocycles. The Balaban J connectivity index is 1.86. The number of hydrogen-bond donors (Lipinski definition) is 1. The molecule has 1 amide bonds. The number of rotatable bonds is 7. The predicted octanol–water partition coefficient (Wildman–Crippen LogP) is 1.79. The number of ether oxygens (including phenoxy) is 2. The van der Waals surface area contributed by atoms with Crippen molar-refractivity contribution in [1.29, 1.82) is 0 Å². The highest BCUT2D eigenvalue weighted by Crippen LogP contribution is 2.17. The Morgan fingerprint density at radius 3 is 2.76 bits per heavy atom. The Morgan fingerprint density at radius 1 is 1.29 bits per heavy atom. The molecule has 0 saturated carbocycles. The molecule has 7 nitrogen and oxygen atoms in total. The summed E-state index contributed by atoms with van der Waals surface area (Å²) in [6.07, 6.45) is 3.93. The van der Waals surface area contributed by atoms with Crippen molar-refractivity contribution < 1.29 is 19.1 Å². The van der Waals surface area contributed by atoms with E-state index in [-0.39, 0.29) is 5.78 Å². The van der Waals surface area contributed by atoms with E-state index in [2.05, 4.69) is 9.84 Å². The molecule has 2 aromatic rings. The fourth-order valence-electron chi connectivity index (χ4n) is 1.89. The maximum Gasteiger partial charge on any atom is 0.404 e. The third-order valence-electron chi connectivity index (χ3n) is 2.92. The number of aromatic nitrogens is 2. The van der Waals surface area contributed by atoms with Crippen LogP contribution < -0.4 is 10.5 Å². The van der Waals surface area contributed by atoms with Gasteiger partial charge in [-0.05, 0) is 31.9 Å². The molecule has 2 heterocycles. The van der Waals surface area contributed by atoms with Crippen molar-refractivity contribution in [1.82, 2.24) is 9.61 Å². The van der Waals surface area contributed by atoms with Crippen LogP contribution in [0.1, 0.15) is 30.1 Å².